The van der Waals surface area contributed by atoms with Crippen LogP contribution in [0.25, 0.3) is 0 Å². The van der Waals surface area contributed by atoms with Gasteiger partial charge in [-0.05, 0) is 0 Å². The standard InChI is InChI=1S/C10H13N3O4/c1-12-4-7(11-6-12)9(14)13-2-3-17-5-8(13)10(15)16/h4,6,8H,2-3,5H2,1H3,(H,15,16). The van der Waals surface area contributed by atoms with E-state index in [1.54, 1.807) is 17.8 Å². The zero-order chi connectivity index (χ0) is 12.4. The van der Waals surface area contributed by atoms with Gasteiger partial charge in [-0.15, -0.1) is 0 Å². The Kier molecular flexibility index (Phi) is 3.10. The Hall–Kier alpha value is -1.89. The molecule has 1 aliphatic heterocycles. The third kappa shape index (κ3) is 2.28. The van der Waals surface area contributed by atoms with Gasteiger partial charge in [0.15, 0.2) is 6.04 Å². The first-order valence-electron chi connectivity index (χ1n) is 5.19. The molecule has 2 heterocycles. The van der Waals surface area contributed by atoms with E-state index in [1.807, 2.05) is 0 Å². The number of amides is 1. The zero-order valence-electron chi connectivity index (χ0n) is 9.37. The summed E-state index contributed by atoms with van der Waals surface area (Å²) in [4.78, 5) is 28.3. The molecule has 92 valence electrons. The first-order chi connectivity index (χ1) is 8.09. The number of imidazole rings is 1. The van der Waals surface area contributed by atoms with E-state index < -0.39 is 12.0 Å². The number of carbonyl (C=O) groups excluding carboxylic acids is 1. The van der Waals surface area contributed by atoms with E-state index in [9.17, 15) is 9.59 Å². The molecule has 1 N–H and O–H groups in total. The molecule has 0 spiro atoms. The third-order valence-electron chi connectivity index (χ3n) is 2.60. The van der Waals surface area contributed by atoms with Gasteiger partial charge in [-0.3, -0.25) is 4.79 Å². The van der Waals surface area contributed by atoms with E-state index in [4.69, 9.17) is 9.84 Å². The quantitative estimate of drug-likeness (QED) is 0.741. The van der Waals surface area contributed by atoms with Gasteiger partial charge in [0, 0.05) is 19.8 Å². The lowest BCUT2D eigenvalue weighted by atomic mass is 10.2. The minimum Gasteiger partial charge on any atom is -0.480 e. The molecule has 7 nitrogen and oxygen atoms in total. The zero-order valence-corrected chi connectivity index (χ0v) is 9.37. The second-order valence-electron chi connectivity index (χ2n) is 3.85. The largest absolute Gasteiger partial charge is 0.480 e. The number of morpholine rings is 1. The fourth-order valence-electron chi connectivity index (χ4n) is 1.72. The molecule has 0 aliphatic carbocycles. The highest BCUT2D eigenvalue weighted by Crippen LogP contribution is 2.11. The number of aliphatic carboxylic acids is 1. The fraction of sp³-hybridized carbons (Fsp3) is 0.500. The predicted molar refractivity (Wildman–Crippen MR) is 56.5 cm³/mol. The van der Waals surface area contributed by atoms with Crippen molar-refractivity contribution in [2.45, 2.75) is 6.04 Å². The molecule has 1 unspecified atom stereocenters. The first-order valence-corrected chi connectivity index (χ1v) is 5.19. The van der Waals surface area contributed by atoms with Crippen molar-refractivity contribution in [3.05, 3.63) is 18.2 Å². The van der Waals surface area contributed by atoms with Crippen LogP contribution >= 0.6 is 0 Å². The van der Waals surface area contributed by atoms with E-state index in [0.29, 0.717) is 6.61 Å². The normalized spacial score (nSPS) is 20.3. The minimum absolute atomic E-state index is 0.0217. The minimum atomic E-state index is -1.06. The van der Waals surface area contributed by atoms with Crippen LogP contribution in [0.3, 0.4) is 0 Å². The molecule has 0 radical (unpaired) electrons. The first kappa shape index (κ1) is 11.6. The molecule has 1 aliphatic rings. The van der Waals surface area contributed by atoms with Crippen LogP contribution in [0.2, 0.25) is 0 Å². The van der Waals surface area contributed by atoms with Crippen molar-refractivity contribution in [2.75, 3.05) is 19.8 Å². The molecule has 7 heteroatoms. The highest BCUT2D eigenvalue weighted by molar-refractivity contribution is 5.95. The number of carboxylic acid groups (broad SMARTS) is 1. The molecule has 1 atom stereocenters. The molecule has 1 aromatic heterocycles. The van der Waals surface area contributed by atoms with Gasteiger partial charge in [-0.2, -0.15) is 0 Å². The summed E-state index contributed by atoms with van der Waals surface area (Å²) >= 11 is 0. The van der Waals surface area contributed by atoms with Crippen molar-refractivity contribution in [1.82, 2.24) is 14.5 Å². The number of carbonyl (C=O) groups is 2. The van der Waals surface area contributed by atoms with Crippen molar-refractivity contribution in [3.8, 4) is 0 Å². The van der Waals surface area contributed by atoms with Crippen LogP contribution < -0.4 is 0 Å². The molecule has 1 amide bonds. The Morgan fingerprint density at radius 2 is 2.35 bits per heavy atom. The Morgan fingerprint density at radius 3 is 2.94 bits per heavy atom. The SMILES string of the molecule is Cn1cnc(C(=O)N2CCOCC2C(=O)O)c1. The van der Waals surface area contributed by atoms with E-state index in [1.165, 1.54) is 11.2 Å². The second-order valence-corrected chi connectivity index (χ2v) is 3.85. The Balaban J connectivity index is 2.19. The number of aryl methyl sites for hydroxylation is 1. The summed E-state index contributed by atoms with van der Waals surface area (Å²) in [5.41, 5.74) is 0.251. The van der Waals surface area contributed by atoms with Crippen molar-refractivity contribution in [3.63, 3.8) is 0 Å². The van der Waals surface area contributed by atoms with Crippen LogP contribution in [0.4, 0.5) is 0 Å². The van der Waals surface area contributed by atoms with E-state index in [-0.39, 0.29) is 24.8 Å². The predicted octanol–water partition coefficient (Wildman–Crippen LogP) is -0.654. The maximum Gasteiger partial charge on any atom is 0.328 e. The number of aromatic nitrogens is 2. The van der Waals surface area contributed by atoms with Gasteiger partial charge >= 0.3 is 5.97 Å². The number of hydrogen-bond donors (Lipinski definition) is 1. The Bertz CT molecular complexity index is 443. The molecule has 2 rings (SSSR count). The molecule has 17 heavy (non-hydrogen) atoms. The lowest BCUT2D eigenvalue weighted by molar-refractivity contribution is -0.147. The van der Waals surface area contributed by atoms with Crippen LogP contribution in [0, 0.1) is 0 Å². The highest BCUT2D eigenvalue weighted by Gasteiger charge is 2.33. The number of ether oxygens (including phenoxy) is 1. The van der Waals surface area contributed by atoms with Gasteiger partial charge in [0.1, 0.15) is 5.69 Å². The monoisotopic (exact) mass is 239 g/mol. The maximum absolute atomic E-state index is 12.1. The van der Waals surface area contributed by atoms with Gasteiger partial charge in [0.25, 0.3) is 5.91 Å². The lowest BCUT2D eigenvalue weighted by Crippen LogP contribution is -2.52. The van der Waals surface area contributed by atoms with Crippen molar-refractivity contribution >= 4 is 11.9 Å². The van der Waals surface area contributed by atoms with E-state index in [2.05, 4.69) is 4.98 Å². The number of rotatable bonds is 2. The van der Waals surface area contributed by atoms with Gasteiger partial charge < -0.3 is 19.3 Å². The molecule has 1 fully saturated rings. The summed E-state index contributed by atoms with van der Waals surface area (Å²) in [7, 11) is 1.75. The van der Waals surface area contributed by atoms with Crippen LogP contribution in [-0.2, 0) is 16.6 Å². The summed E-state index contributed by atoms with van der Waals surface area (Å²) in [6.07, 6.45) is 3.07. The lowest BCUT2D eigenvalue weighted by Gasteiger charge is -2.32. The summed E-state index contributed by atoms with van der Waals surface area (Å²) in [6.45, 7) is 0.642. The van der Waals surface area contributed by atoms with E-state index in [0.717, 1.165) is 0 Å². The van der Waals surface area contributed by atoms with Crippen LogP contribution in [0.15, 0.2) is 12.5 Å². The summed E-state index contributed by atoms with van der Waals surface area (Å²) in [5.74, 6) is -1.43. The molecule has 0 saturated carbocycles. The van der Waals surface area contributed by atoms with Crippen LogP contribution in [0.1, 0.15) is 10.5 Å². The molecule has 1 saturated heterocycles. The molecular weight excluding hydrogens is 226 g/mol. The van der Waals surface area contributed by atoms with Crippen molar-refractivity contribution in [1.29, 1.82) is 0 Å². The molecule has 1 aromatic rings. The van der Waals surface area contributed by atoms with Crippen molar-refractivity contribution in [2.24, 2.45) is 7.05 Å². The fourth-order valence-corrected chi connectivity index (χ4v) is 1.72. The molecule has 0 bridgehead atoms. The number of hydrogen-bond acceptors (Lipinski definition) is 4. The Labute approximate surface area is 97.6 Å². The summed E-state index contributed by atoms with van der Waals surface area (Å²) in [5, 5.41) is 9.01. The Morgan fingerprint density at radius 1 is 1.59 bits per heavy atom. The molecule has 0 aromatic carbocycles. The van der Waals surface area contributed by atoms with E-state index >= 15 is 0 Å². The summed E-state index contributed by atoms with van der Waals surface area (Å²) < 4.78 is 6.71. The van der Waals surface area contributed by atoms with Gasteiger partial charge in [-0.25, -0.2) is 9.78 Å². The topological polar surface area (TPSA) is 84.7 Å². The number of nitrogens with zero attached hydrogens (tertiary/aromatic N) is 3. The average molecular weight is 239 g/mol. The molecular formula is C10H13N3O4. The number of carboxylic acids is 1. The average Bonchev–Trinajstić information content (AvgIpc) is 2.75. The van der Waals surface area contributed by atoms with Crippen LogP contribution in [-0.4, -0.2) is 57.2 Å². The highest BCUT2D eigenvalue weighted by atomic mass is 16.5. The second kappa shape index (κ2) is 4.54. The van der Waals surface area contributed by atoms with Crippen molar-refractivity contribution < 1.29 is 19.4 Å². The maximum atomic E-state index is 12.1. The third-order valence-corrected chi connectivity index (χ3v) is 2.60. The van der Waals surface area contributed by atoms with Crippen LogP contribution in [0.5, 0.6) is 0 Å². The van der Waals surface area contributed by atoms with Gasteiger partial charge in [0.2, 0.25) is 0 Å². The summed E-state index contributed by atoms with van der Waals surface area (Å²) in [6, 6.07) is -0.932. The smallest absolute Gasteiger partial charge is 0.328 e. The van der Waals surface area contributed by atoms with Gasteiger partial charge in [0.05, 0.1) is 19.5 Å². The van der Waals surface area contributed by atoms with Gasteiger partial charge in [-0.1, -0.05) is 0 Å².